The van der Waals surface area contributed by atoms with Crippen molar-refractivity contribution in [2.45, 2.75) is 51.2 Å². The Kier molecular flexibility index (Phi) is 5.71. The van der Waals surface area contributed by atoms with E-state index in [2.05, 4.69) is 33.4 Å². The van der Waals surface area contributed by atoms with Crippen molar-refractivity contribution in [1.29, 1.82) is 0 Å². The van der Waals surface area contributed by atoms with Gasteiger partial charge in [0.15, 0.2) is 0 Å². The summed E-state index contributed by atoms with van der Waals surface area (Å²) in [5.74, 6) is 0. The predicted molar refractivity (Wildman–Crippen MR) is 149 cm³/mol. The molecule has 190 valence electrons. The lowest BCUT2D eigenvalue weighted by Crippen LogP contribution is -2.40. The zero-order valence-electron chi connectivity index (χ0n) is 20.5. The van der Waals surface area contributed by atoms with Crippen LogP contribution >= 0.6 is 22.9 Å². The molecule has 0 saturated carbocycles. The van der Waals surface area contributed by atoms with Crippen molar-refractivity contribution < 1.29 is 0 Å². The van der Waals surface area contributed by atoms with Crippen LogP contribution in [-0.2, 0) is 25.9 Å². The Hall–Kier alpha value is -2.94. The number of anilines is 1. The molecule has 3 aliphatic rings. The highest BCUT2D eigenvalue weighted by atomic mass is 35.5. The number of benzene rings is 1. The van der Waals surface area contributed by atoms with E-state index in [1.807, 2.05) is 12.3 Å². The number of rotatable bonds is 4. The Morgan fingerprint density at radius 2 is 1.97 bits per heavy atom. The molecule has 1 aromatic carbocycles. The highest BCUT2D eigenvalue weighted by Crippen LogP contribution is 2.44. The fraction of sp³-hybridized carbons (Fsp3) is 0.393. The first-order valence-electron chi connectivity index (χ1n) is 13.1. The third kappa shape index (κ3) is 3.93. The van der Waals surface area contributed by atoms with Gasteiger partial charge in [-0.15, -0.1) is 11.3 Å². The van der Waals surface area contributed by atoms with Gasteiger partial charge >= 0.3 is 5.69 Å². The smallest absolute Gasteiger partial charge is 0.331 e. The molecule has 37 heavy (non-hydrogen) atoms. The Morgan fingerprint density at radius 1 is 1.08 bits per heavy atom. The van der Waals surface area contributed by atoms with Gasteiger partial charge in [0.1, 0.15) is 0 Å². The molecule has 4 aromatic rings. The van der Waals surface area contributed by atoms with E-state index in [1.54, 1.807) is 22.0 Å². The molecule has 0 radical (unpaired) electrons. The number of hydrogen-bond donors (Lipinski definition) is 1. The molecule has 0 unspecified atom stereocenters. The number of aromatic nitrogens is 3. The molecule has 1 fully saturated rings. The number of fused-ring (bicyclic) bond motifs is 3. The first-order chi connectivity index (χ1) is 18.1. The van der Waals surface area contributed by atoms with Crippen LogP contribution in [0.3, 0.4) is 0 Å². The van der Waals surface area contributed by atoms with Crippen LogP contribution in [-0.4, -0.2) is 39.8 Å². The number of nitrogens with one attached hydrogen (secondary N) is 1. The summed E-state index contributed by atoms with van der Waals surface area (Å²) in [5, 5.41) is 4.27. The topological polar surface area (TPSA) is 72.2 Å². The summed E-state index contributed by atoms with van der Waals surface area (Å²) in [6.45, 7) is 4.03. The first-order valence-corrected chi connectivity index (χ1v) is 14.3. The lowest BCUT2D eigenvalue weighted by Gasteiger charge is -2.38. The maximum Gasteiger partial charge on any atom is 0.331 e. The lowest BCUT2D eigenvalue weighted by molar-refractivity contribution is 0.592. The molecule has 0 aliphatic carbocycles. The van der Waals surface area contributed by atoms with Crippen molar-refractivity contribution in [2.24, 2.45) is 0 Å². The average molecular weight is 534 g/mol. The molecule has 1 saturated heterocycles. The summed E-state index contributed by atoms with van der Waals surface area (Å²) in [6, 6.07) is 10.4. The monoisotopic (exact) mass is 533 g/mol. The zero-order valence-corrected chi connectivity index (χ0v) is 22.1. The largest absolute Gasteiger partial charge is 0.366 e. The van der Waals surface area contributed by atoms with Gasteiger partial charge in [0.25, 0.3) is 5.56 Å². The van der Waals surface area contributed by atoms with E-state index in [9.17, 15) is 9.59 Å². The molecule has 1 N–H and O–H groups in total. The summed E-state index contributed by atoms with van der Waals surface area (Å²) in [7, 11) is 0. The van der Waals surface area contributed by atoms with Crippen molar-refractivity contribution in [3.63, 3.8) is 0 Å². The fourth-order valence-electron chi connectivity index (χ4n) is 6.32. The van der Waals surface area contributed by atoms with E-state index in [-0.39, 0.29) is 17.8 Å². The van der Waals surface area contributed by atoms with E-state index in [0.717, 1.165) is 88.7 Å². The van der Waals surface area contributed by atoms with Gasteiger partial charge in [-0.3, -0.25) is 18.9 Å². The van der Waals surface area contributed by atoms with Crippen LogP contribution in [0.15, 0.2) is 46.1 Å². The number of halogens is 1. The maximum absolute atomic E-state index is 13.0. The minimum Gasteiger partial charge on any atom is -0.366 e. The summed E-state index contributed by atoms with van der Waals surface area (Å²) in [6.07, 6.45) is 6.84. The molecule has 3 aliphatic heterocycles. The van der Waals surface area contributed by atoms with Gasteiger partial charge in [-0.1, -0.05) is 11.6 Å². The Morgan fingerprint density at radius 3 is 2.84 bits per heavy atom. The second-order valence-electron chi connectivity index (χ2n) is 10.3. The first kappa shape index (κ1) is 23.2. The normalized spacial score (nSPS) is 18.9. The van der Waals surface area contributed by atoms with E-state index < -0.39 is 0 Å². The second kappa shape index (κ2) is 9.11. The van der Waals surface area contributed by atoms with Crippen molar-refractivity contribution >= 4 is 38.8 Å². The van der Waals surface area contributed by atoms with Gasteiger partial charge in [-0.2, -0.15) is 0 Å². The Bertz CT molecular complexity index is 1650. The number of aryl methyl sites for hydroxylation is 2. The van der Waals surface area contributed by atoms with E-state index in [4.69, 9.17) is 11.6 Å². The molecule has 0 amide bonds. The average Bonchev–Trinajstić information content (AvgIpc) is 3.66. The lowest BCUT2D eigenvalue weighted by atomic mass is 9.92. The van der Waals surface area contributed by atoms with Crippen LogP contribution < -0.4 is 21.5 Å². The fourth-order valence-corrected chi connectivity index (χ4v) is 7.69. The number of hydrogen-bond acceptors (Lipinski definition) is 6. The molecular weight excluding hydrogens is 506 g/mol. The highest BCUT2D eigenvalue weighted by Gasteiger charge is 2.30. The van der Waals surface area contributed by atoms with Crippen molar-refractivity contribution in [1.82, 2.24) is 19.4 Å². The minimum absolute atomic E-state index is 0.213. The molecule has 9 heteroatoms. The molecule has 7 rings (SSSR count). The Labute approximate surface area is 223 Å². The number of thiophene rings is 1. The zero-order chi connectivity index (χ0) is 25.1. The number of pyridine rings is 1. The van der Waals surface area contributed by atoms with Gasteiger partial charge in [0.2, 0.25) is 0 Å². The van der Waals surface area contributed by atoms with Gasteiger partial charge in [0.05, 0.1) is 16.8 Å². The quantitative estimate of drug-likeness (QED) is 0.428. The predicted octanol–water partition coefficient (Wildman–Crippen LogP) is 4.05. The van der Waals surface area contributed by atoms with Gasteiger partial charge in [-0.05, 0) is 68.5 Å². The third-order valence-electron chi connectivity index (χ3n) is 8.01. The third-order valence-corrected chi connectivity index (χ3v) is 9.37. The summed E-state index contributed by atoms with van der Waals surface area (Å²) in [4.78, 5) is 34.0. The van der Waals surface area contributed by atoms with E-state index in [0.29, 0.717) is 12.6 Å². The second-order valence-corrected chi connectivity index (χ2v) is 11.9. The standard InChI is InChI=1S/C28H28ClN5O2S/c29-18-11-17-3-1-9-32(20-5-7-30-15-20)26(17)23(12-18)22-6-8-31-24-14-21(37-27(22)24)16-34-25(35)13-19-4-2-10-33(19)28(34)36/h6,8,11-14,20,30H,1-5,7,9-10,15-16H2/t20-/m0/s1. The molecular formula is C28H28ClN5O2S. The minimum atomic E-state index is -0.228. The van der Waals surface area contributed by atoms with Gasteiger partial charge in [0, 0.05) is 70.3 Å². The van der Waals surface area contributed by atoms with Crippen LogP contribution in [0, 0.1) is 0 Å². The van der Waals surface area contributed by atoms with Crippen LogP contribution in [0.1, 0.15) is 35.4 Å². The highest BCUT2D eigenvalue weighted by molar-refractivity contribution is 7.19. The number of nitrogens with zero attached hydrogens (tertiary/aromatic N) is 4. The van der Waals surface area contributed by atoms with E-state index >= 15 is 0 Å². The van der Waals surface area contributed by atoms with Crippen LogP contribution in [0.4, 0.5) is 5.69 Å². The van der Waals surface area contributed by atoms with Crippen LogP contribution in [0.5, 0.6) is 0 Å². The van der Waals surface area contributed by atoms with E-state index in [1.165, 1.54) is 15.8 Å². The molecule has 7 nitrogen and oxygen atoms in total. The molecule has 6 heterocycles. The van der Waals surface area contributed by atoms with Crippen molar-refractivity contribution in [3.05, 3.63) is 78.5 Å². The summed E-state index contributed by atoms with van der Waals surface area (Å²) >= 11 is 8.28. The van der Waals surface area contributed by atoms with Crippen molar-refractivity contribution in [3.8, 4) is 11.1 Å². The molecule has 3 aromatic heterocycles. The molecule has 1 atom stereocenters. The molecule has 0 bridgehead atoms. The molecule has 0 spiro atoms. The summed E-state index contributed by atoms with van der Waals surface area (Å²) in [5.41, 5.74) is 6.13. The van der Waals surface area contributed by atoms with Gasteiger partial charge < -0.3 is 10.2 Å². The van der Waals surface area contributed by atoms with Crippen LogP contribution in [0.25, 0.3) is 21.3 Å². The van der Waals surface area contributed by atoms with Crippen LogP contribution in [0.2, 0.25) is 5.02 Å². The Balaban J connectivity index is 1.34. The SMILES string of the molecule is O=c1cc2n(c(=O)n1Cc1cc3nccc(-c4cc(Cl)cc5c4N([C@H]4CCNC4)CCC5)c3s1)CCC2. The van der Waals surface area contributed by atoms with Crippen molar-refractivity contribution in [2.75, 3.05) is 24.5 Å². The summed E-state index contributed by atoms with van der Waals surface area (Å²) < 4.78 is 4.16. The van der Waals surface area contributed by atoms with Gasteiger partial charge in [-0.25, -0.2) is 4.79 Å². The maximum atomic E-state index is 13.0.